The number of fused-ring (bicyclic) bond motifs is 2. The number of rotatable bonds is 6. The fourth-order valence-electron chi connectivity index (χ4n) is 3.19. The van der Waals surface area contributed by atoms with Gasteiger partial charge in [0.1, 0.15) is 0 Å². The minimum Gasteiger partial charge on any atom is -0.361 e. The van der Waals surface area contributed by atoms with E-state index in [1.54, 1.807) is 0 Å². The first kappa shape index (κ1) is 14.9. The van der Waals surface area contributed by atoms with Crippen molar-refractivity contribution in [3.63, 3.8) is 0 Å². The molecule has 0 aliphatic carbocycles. The van der Waals surface area contributed by atoms with Crippen LogP contribution >= 0.6 is 0 Å². The molecule has 0 spiro atoms. The normalized spacial score (nSPS) is 11.8. The second-order valence-electron chi connectivity index (χ2n) is 6.27. The maximum atomic E-state index is 4.23. The van der Waals surface area contributed by atoms with Crippen molar-refractivity contribution in [2.75, 3.05) is 20.1 Å². The monoisotopic (exact) mass is 319 g/mol. The van der Waals surface area contributed by atoms with Gasteiger partial charge in [-0.15, -0.1) is 0 Å². The van der Waals surface area contributed by atoms with Crippen LogP contribution in [0, 0.1) is 0 Å². The first-order chi connectivity index (χ1) is 11.8. The maximum absolute atomic E-state index is 4.23. The molecule has 0 fully saturated rings. The highest BCUT2D eigenvalue weighted by atomic mass is 15.1. The van der Waals surface area contributed by atoms with Gasteiger partial charge in [-0.2, -0.15) is 0 Å². The standard InChI is InChI=1S/C19H21N5/c1-24(8-4-14-10-22-18-2-6-20-12-16(14)18)9-5-15-11-23-19-3-7-21-13-17(15)19/h2-3,6-7,10-13,22-23H,4-5,8-9H2,1H3. The Bertz CT molecular complexity index is 874. The Morgan fingerprint density at radius 1 is 0.833 bits per heavy atom. The highest BCUT2D eigenvalue weighted by Crippen LogP contribution is 2.18. The minimum atomic E-state index is 1.03. The smallest absolute Gasteiger partial charge is 0.0487 e. The molecule has 0 saturated carbocycles. The molecule has 5 heteroatoms. The third-order valence-electron chi connectivity index (χ3n) is 4.66. The van der Waals surface area contributed by atoms with Gasteiger partial charge in [0.05, 0.1) is 0 Å². The molecule has 0 atom stereocenters. The number of aromatic amines is 2. The van der Waals surface area contributed by atoms with E-state index in [9.17, 15) is 0 Å². The summed E-state index contributed by atoms with van der Waals surface area (Å²) >= 11 is 0. The number of nitrogens with one attached hydrogen (secondary N) is 2. The van der Waals surface area contributed by atoms with Gasteiger partial charge in [-0.05, 0) is 43.1 Å². The predicted octanol–water partition coefficient (Wildman–Crippen LogP) is 3.16. The molecule has 4 rings (SSSR count). The van der Waals surface area contributed by atoms with Crippen LogP contribution in [-0.2, 0) is 12.8 Å². The van der Waals surface area contributed by atoms with Gasteiger partial charge in [-0.25, -0.2) is 0 Å². The van der Waals surface area contributed by atoms with Crippen molar-refractivity contribution in [1.82, 2.24) is 24.8 Å². The Hall–Kier alpha value is -2.66. The molecule has 0 bridgehead atoms. The molecule has 4 aromatic rings. The summed E-state index contributed by atoms with van der Waals surface area (Å²) in [7, 11) is 2.18. The number of pyridine rings is 2. The molecule has 0 aliphatic heterocycles. The van der Waals surface area contributed by atoms with E-state index in [0.717, 1.165) is 37.0 Å². The third-order valence-corrected chi connectivity index (χ3v) is 4.66. The van der Waals surface area contributed by atoms with E-state index in [1.165, 1.54) is 21.9 Å². The van der Waals surface area contributed by atoms with Crippen LogP contribution in [-0.4, -0.2) is 45.0 Å². The second-order valence-corrected chi connectivity index (χ2v) is 6.27. The van der Waals surface area contributed by atoms with Crippen LogP contribution in [0.5, 0.6) is 0 Å². The molecule has 4 aromatic heterocycles. The molecule has 122 valence electrons. The van der Waals surface area contributed by atoms with E-state index < -0.39 is 0 Å². The molecule has 5 nitrogen and oxygen atoms in total. The average molecular weight is 319 g/mol. The SMILES string of the molecule is CN(CCc1c[nH]c2ccncc12)CCc1c[nH]c2ccncc12. The van der Waals surface area contributed by atoms with E-state index >= 15 is 0 Å². The minimum absolute atomic E-state index is 1.03. The van der Waals surface area contributed by atoms with Crippen LogP contribution in [0.4, 0.5) is 0 Å². The summed E-state index contributed by atoms with van der Waals surface area (Å²) in [5.41, 5.74) is 4.99. The predicted molar refractivity (Wildman–Crippen MR) is 97.1 cm³/mol. The first-order valence-electron chi connectivity index (χ1n) is 8.30. The summed E-state index contributed by atoms with van der Waals surface area (Å²) in [5, 5.41) is 2.46. The van der Waals surface area contributed by atoms with Crippen molar-refractivity contribution in [2.24, 2.45) is 0 Å². The van der Waals surface area contributed by atoms with E-state index in [0.29, 0.717) is 0 Å². The van der Waals surface area contributed by atoms with Crippen molar-refractivity contribution in [3.8, 4) is 0 Å². The van der Waals surface area contributed by atoms with Crippen LogP contribution in [0.25, 0.3) is 21.8 Å². The molecular formula is C19H21N5. The lowest BCUT2D eigenvalue weighted by atomic mass is 10.1. The molecule has 0 aliphatic rings. The average Bonchev–Trinajstić information content (AvgIpc) is 3.22. The van der Waals surface area contributed by atoms with Crippen molar-refractivity contribution in [2.45, 2.75) is 12.8 Å². The van der Waals surface area contributed by atoms with Crippen LogP contribution in [0.15, 0.2) is 49.3 Å². The first-order valence-corrected chi connectivity index (χ1v) is 8.30. The molecule has 0 saturated heterocycles. The molecule has 4 heterocycles. The summed E-state index contributed by atoms with van der Waals surface area (Å²) in [5.74, 6) is 0. The van der Waals surface area contributed by atoms with Crippen molar-refractivity contribution in [1.29, 1.82) is 0 Å². The van der Waals surface area contributed by atoms with Gasteiger partial charge in [0.2, 0.25) is 0 Å². The molecule has 0 radical (unpaired) electrons. The van der Waals surface area contributed by atoms with E-state index in [4.69, 9.17) is 0 Å². The highest BCUT2D eigenvalue weighted by molar-refractivity contribution is 5.82. The maximum Gasteiger partial charge on any atom is 0.0487 e. The Morgan fingerprint density at radius 3 is 1.83 bits per heavy atom. The number of H-pyrrole nitrogens is 2. The summed E-state index contributed by atoms with van der Waals surface area (Å²) < 4.78 is 0. The van der Waals surface area contributed by atoms with E-state index in [-0.39, 0.29) is 0 Å². The van der Waals surface area contributed by atoms with E-state index in [2.05, 4.69) is 44.3 Å². The quantitative estimate of drug-likeness (QED) is 0.574. The summed E-state index contributed by atoms with van der Waals surface area (Å²) in [6.07, 6.45) is 13.8. The Kier molecular flexibility index (Phi) is 4.01. The van der Waals surface area contributed by atoms with Crippen LogP contribution in [0.3, 0.4) is 0 Å². The fraction of sp³-hybridized carbons (Fsp3) is 0.263. The second kappa shape index (κ2) is 6.45. The summed E-state index contributed by atoms with van der Waals surface area (Å²) in [4.78, 5) is 17.5. The van der Waals surface area contributed by atoms with Crippen molar-refractivity contribution in [3.05, 3.63) is 60.4 Å². The lowest BCUT2D eigenvalue weighted by molar-refractivity contribution is 0.343. The van der Waals surface area contributed by atoms with Crippen LogP contribution in [0.1, 0.15) is 11.1 Å². The number of aromatic nitrogens is 4. The van der Waals surface area contributed by atoms with E-state index in [1.807, 2.05) is 36.9 Å². The molecule has 24 heavy (non-hydrogen) atoms. The summed E-state index contributed by atoms with van der Waals surface area (Å²) in [6.45, 7) is 2.06. The molecule has 0 aromatic carbocycles. The lowest BCUT2D eigenvalue weighted by Crippen LogP contribution is -2.23. The zero-order valence-corrected chi connectivity index (χ0v) is 13.8. The molecule has 2 N–H and O–H groups in total. The number of nitrogens with zero attached hydrogens (tertiary/aromatic N) is 3. The van der Waals surface area contributed by atoms with Gasteiger partial charge in [0.25, 0.3) is 0 Å². The number of likely N-dealkylation sites (N-methyl/N-ethyl adjacent to an activating group) is 1. The number of hydrogen-bond donors (Lipinski definition) is 2. The van der Waals surface area contributed by atoms with Crippen molar-refractivity contribution >= 4 is 21.8 Å². The Morgan fingerprint density at radius 2 is 1.33 bits per heavy atom. The van der Waals surface area contributed by atoms with Crippen LogP contribution in [0.2, 0.25) is 0 Å². The zero-order valence-electron chi connectivity index (χ0n) is 13.8. The Labute approximate surface area is 140 Å². The van der Waals surface area contributed by atoms with Gasteiger partial charge < -0.3 is 14.9 Å². The lowest BCUT2D eigenvalue weighted by Gasteiger charge is -2.16. The molecular weight excluding hydrogens is 298 g/mol. The van der Waals surface area contributed by atoms with Gasteiger partial charge in [-0.1, -0.05) is 0 Å². The third kappa shape index (κ3) is 2.90. The summed E-state index contributed by atoms with van der Waals surface area (Å²) in [6, 6.07) is 4.04. The molecule has 0 unspecified atom stereocenters. The largest absolute Gasteiger partial charge is 0.361 e. The highest BCUT2D eigenvalue weighted by Gasteiger charge is 2.07. The topological polar surface area (TPSA) is 60.6 Å². The van der Waals surface area contributed by atoms with Crippen LogP contribution < -0.4 is 0 Å². The van der Waals surface area contributed by atoms with Gasteiger partial charge in [-0.3, -0.25) is 9.97 Å². The molecule has 0 amide bonds. The van der Waals surface area contributed by atoms with Crippen molar-refractivity contribution < 1.29 is 0 Å². The van der Waals surface area contributed by atoms with Gasteiger partial charge in [0, 0.05) is 72.1 Å². The van der Waals surface area contributed by atoms with Gasteiger partial charge >= 0.3 is 0 Å². The fourth-order valence-corrected chi connectivity index (χ4v) is 3.19. The van der Waals surface area contributed by atoms with Gasteiger partial charge in [0.15, 0.2) is 0 Å². The number of hydrogen-bond acceptors (Lipinski definition) is 3. The zero-order chi connectivity index (χ0) is 16.4. The Balaban J connectivity index is 1.36.